The Balaban J connectivity index is 1.72. The first-order chi connectivity index (χ1) is 16.3. The fraction of sp³-hybridized carbons (Fsp3) is 0.696. The molecule has 1 aromatic rings. The molecule has 2 rings (SSSR count). The summed E-state index contributed by atoms with van der Waals surface area (Å²) >= 11 is 3.42. The van der Waals surface area contributed by atoms with Crippen LogP contribution in [0.2, 0.25) is 0 Å². The highest BCUT2D eigenvalue weighted by molar-refractivity contribution is 9.09. The van der Waals surface area contributed by atoms with Gasteiger partial charge >= 0.3 is 5.97 Å². The molecule has 1 aliphatic rings. The number of esters is 1. The molecule has 0 aromatic heterocycles. The average molecular weight is 548 g/mol. The summed E-state index contributed by atoms with van der Waals surface area (Å²) in [6.45, 7) is -0.308. The molecule has 11 heteroatoms. The van der Waals surface area contributed by atoms with Crippen LogP contribution in [-0.2, 0) is 14.3 Å². The lowest BCUT2D eigenvalue weighted by atomic mass is 9.99. The number of benzene rings is 1. The van der Waals surface area contributed by atoms with Crippen molar-refractivity contribution in [2.45, 2.75) is 88.5 Å². The molecule has 5 atom stereocenters. The van der Waals surface area contributed by atoms with Crippen LogP contribution in [-0.4, -0.2) is 68.9 Å². The van der Waals surface area contributed by atoms with Gasteiger partial charge in [0, 0.05) is 23.9 Å². The highest BCUT2D eigenvalue weighted by atomic mass is 79.9. The van der Waals surface area contributed by atoms with Gasteiger partial charge in [0.25, 0.3) is 5.69 Å². The number of unbranched alkanes of at least 4 members (excludes halogenated alkanes) is 7. The quantitative estimate of drug-likeness (QED) is 0.0988. The van der Waals surface area contributed by atoms with E-state index in [-0.39, 0.29) is 24.5 Å². The van der Waals surface area contributed by atoms with Crippen LogP contribution < -0.4 is 4.74 Å². The van der Waals surface area contributed by atoms with Crippen molar-refractivity contribution in [3.8, 4) is 5.75 Å². The lowest BCUT2D eigenvalue weighted by molar-refractivity contribution is -0.384. The fourth-order valence-electron chi connectivity index (χ4n) is 3.60. The predicted molar refractivity (Wildman–Crippen MR) is 127 cm³/mol. The topological polar surface area (TPSA) is 149 Å². The van der Waals surface area contributed by atoms with Crippen LogP contribution in [0.1, 0.15) is 57.8 Å². The van der Waals surface area contributed by atoms with Gasteiger partial charge in [-0.25, -0.2) is 0 Å². The van der Waals surface area contributed by atoms with Crippen LogP contribution in [0.25, 0.3) is 0 Å². The maximum atomic E-state index is 12.0. The van der Waals surface area contributed by atoms with Gasteiger partial charge in [-0.3, -0.25) is 14.9 Å². The molecule has 0 amide bonds. The first kappa shape index (κ1) is 28.4. The number of carbonyl (C=O) groups excluding carboxylic acids is 1. The second kappa shape index (κ2) is 15.3. The minimum atomic E-state index is -1.59. The van der Waals surface area contributed by atoms with Gasteiger partial charge in [-0.05, 0) is 25.0 Å². The summed E-state index contributed by atoms with van der Waals surface area (Å²) in [5.41, 5.74) is -0.136. The molecule has 192 valence electrons. The molecule has 0 bridgehead atoms. The van der Waals surface area contributed by atoms with Crippen LogP contribution in [0.15, 0.2) is 24.3 Å². The summed E-state index contributed by atoms with van der Waals surface area (Å²) in [5, 5.41) is 42.3. The number of aliphatic hydroxyl groups excluding tert-OH is 3. The number of hydrogen-bond acceptors (Lipinski definition) is 9. The molecule has 0 unspecified atom stereocenters. The largest absolute Gasteiger partial charge is 0.463 e. The molecule has 3 N–H and O–H groups in total. The second-order valence-electron chi connectivity index (χ2n) is 8.33. The van der Waals surface area contributed by atoms with E-state index in [1.54, 1.807) is 0 Å². The number of ether oxygens (including phenoxy) is 3. The Morgan fingerprint density at radius 2 is 1.53 bits per heavy atom. The van der Waals surface area contributed by atoms with Crippen LogP contribution >= 0.6 is 15.9 Å². The number of alkyl halides is 1. The Bertz CT molecular complexity index is 748. The standard InChI is InChI=1S/C23H34BrNO9/c24-14-8-6-4-2-1-3-5-7-9-19(26)32-15-18-20(27)21(28)22(29)23(34-18)33-17-12-10-16(11-13-17)25(30)31/h10-13,18,20-23,27-29H,1-9,14-15H2/t18-,20+,21+,22-,23-/m1/s1. The van der Waals surface area contributed by atoms with Crippen LogP contribution in [0.4, 0.5) is 5.69 Å². The van der Waals surface area contributed by atoms with Gasteiger partial charge in [-0.2, -0.15) is 0 Å². The van der Waals surface area contributed by atoms with E-state index in [2.05, 4.69) is 15.9 Å². The van der Waals surface area contributed by atoms with E-state index in [0.717, 1.165) is 24.6 Å². The van der Waals surface area contributed by atoms with E-state index in [1.807, 2.05) is 0 Å². The van der Waals surface area contributed by atoms with E-state index in [4.69, 9.17) is 14.2 Å². The molecule has 34 heavy (non-hydrogen) atoms. The number of nitro benzene ring substituents is 1. The third-order valence-electron chi connectivity index (χ3n) is 5.64. The SMILES string of the molecule is O=C(CCCCCCCCCCBr)OC[C@H]1O[C@@H](Oc2ccc([N+](=O)[O-])cc2)[C@H](O)[C@@H](O)[C@H]1O. The second-order valence-corrected chi connectivity index (χ2v) is 9.13. The van der Waals surface area contributed by atoms with Crippen LogP contribution in [0.3, 0.4) is 0 Å². The van der Waals surface area contributed by atoms with E-state index >= 15 is 0 Å². The lowest BCUT2D eigenvalue weighted by Gasteiger charge is -2.39. The molecule has 0 aliphatic carbocycles. The molecule has 10 nitrogen and oxygen atoms in total. The fourth-order valence-corrected chi connectivity index (χ4v) is 4.00. The zero-order chi connectivity index (χ0) is 24.9. The predicted octanol–water partition coefficient (Wildman–Crippen LogP) is 3.23. The van der Waals surface area contributed by atoms with Crippen molar-refractivity contribution in [1.82, 2.24) is 0 Å². The zero-order valence-electron chi connectivity index (χ0n) is 19.1. The summed E-state index contributed by atoms with van der Waals surface area (Å²) in [6, 6.07) is 5.09. The Hall–Kier alpha value is -1.79. The summed E-state index contributed by atoms with van der Waals surface area (Å²) in [7, 11) is 0. The Morgan fingerprint density at radius 3 is 2.12 bits per heavy atom. The third kappa shape index (κ3) is 9.46. The van der Waals surface area contributed by atoms with Gasteiger partial charge in [0.1, 0.15) is 36.8 Å². The van der Waals surface area contributed by atoms with Crippen molar-refractivity contribution in [3.63, 3.8) is 0 Å². The number of carbonyl (C=O) groups is 1. The Kier molecular flexibility index (Phi) is 12.8. The van der Waals surface area contributed by atoms with Gasteiger partial charge in [0.15, 0.2) is 0 Å². The van der Waals surface area contributed by atoms with E-state index in [1.165, 1.54) is 49.9 Å². The molecule has 0 radical (unpaired) electrons. The average Bonchev–Trinajstić information content (AvgIpc) is 2.83. The number of non-ortho nitro benzene ring substituents is 1. The number of nitro groups is 1. The monoisotopic (exact) mass is 547 g/mol. The molecule has 0 saturated carbocycles. The number of nitrogens with zero attached hydrogens (tertiary/aromatic N) is 1. The van der Waals surface area contributed by atoms with Gasteiger partial charge in [-0.1, -0.05) is 54.5 Å². The molecule has 1 aromatic carbocycles. The third-order valence-corrected chi connectivity index (χ3v) is 6.20. The smallest absolute Gasteiger partial charge is 0.305 e. The molecule has 1 saturated heterocycles. The summed E-state index contributed by atoms with van der Waals surface area (Å²) < 4.78 is 16.2. The van der Waals surface area contributed by atoms with Gasteiger partial charge in [0.2, 0.25) is 6.29 Å². The van der Waals surface area contributed by atoms with Crippen molar-refractivity contribution < 1.29 is 39.2 Å². The highest BCUT2D eigenvalue weighted by Crippen LogP contribution is 2.26. The van der Waals surface area contributed by atoms with Gasteiger partial charge in [0.05, 0.1) is 4.92 Å². The minimum Gasteiger partial charge on any atom is -0.463 e. The molecular weight excluding hydrogens is 514 g/mol. The first-order valence-electron chi connectivity index (χ1n) is 11.7. The zero-order valence-corrected chi connectivity index (χ0v) is 20.7. The van der Waals surface area contributed by atoms with E-state index in [9.17, 15) is 30.2 Å². The number of halogens is 1. The Labute approximate surface area is 207 Å². The minimum absolute atomic E-state index is 0.136. The molecular formula is C23H34BrNO9. The number of hydrogen-bond donors (Lipinski definition) is 3. The summed E-state index contributed by atoms with van der Waals surface area (Å²) in [4.78, 5) is 22.2. The van der Waals surface area contributed by atoms with Crippen LogP contribution in [0, 0.1) is 10.1 Å². The molecule has 0 spiro atoms. The molecule has 1 heterocycles. The molecule has 1 aliphatic heterocycles. The van der Waals surface area contributed by atoms with Crippen molar-refractivity contribution >= 4 is 27.6 Å². The van der Waals surface area contributed by atoms with E-state index < -0.39 is 41.6 Å². The van der Waals surface area contributed by atoms with Crippen LogP contribution in [0.5, 0.6) is 5.75 Å². The molecule has 1 fully saturated rings. The van der Waals surface area contributed by atoms with Gasteiger partial charge in [-0.15, -0.1) is 0 Å². The van der Waals surface area contributed by atoms with Gasteiger partial charge < -0.3 is 29.5 Å². The van der Waals surface area contributed by atoms with Crippen molar-refractivity contribution in [2.24, 2.45) is 0 Å². The highest BCUT2D eigenvalue weighted by Gasteiger charge is 2.45. The maximum Gasteiger partial charge on any atom is 0.305 e. The normalized spacial score (nSPS) is 24.5. The van der Waals surface area contributed by atoms with Crippen molar-refractivity contribution in [2.75, 3.05) is 11.9 Å². The maximum absolute atomic E-state index is 12.0. The number of rotatable bonds is 15. The summed E-state index contributed by atoms with van der Waals surface area (Å²) in [6.07, 6.45) is 1.86. The van der Waals surface area contributed by atoms with E-state index in [0.29, 0.717) is 6.42 Å². The number of aliphatic hydroxyl groups is 3. The summed E-state index contributed by atoms with van der Waals surface area (Å²) in [5.74, 6) is -0.265. The lowest BCUT2D eigenvalue weighted by Crippen LogP contribution is -2.60. The Morgan fingerprint density at radius 1 is 0.941 bits per heavy atom. The van der Waals surface area contributed by atoms with Crippen molar-refractivity contribution in [1.29, 1.82) is 0 Å². The first-order valence-corrected chi connectivity index (χ1v) is 12.8. The van der Waals surface area contributed by atoms with Crippen molar-refractivity contribution in [3.05, 3.63) is 34.4 Å².